The van der Waals surface area contributed by atoms with Gasteiger partial charge in [0.15, 0.2) is 10.9 Å². The topological polar surface area (TPSA) is 85.1 Å². The predicted molar refractivity (Wildman–Crippen MR) is 78.8 cm³/mol. The van der Waals surface area contributed by atoms with Crippen molar-refractivity contribution in [1.82, 2.24) is 4.98 Å². The van der Waals surface area contributed by atoms with Gasteiger partial charge in [0.05, 0.1) is 6.42 Å². The second-order valence-electron chi connectivity index (χ2n) is 4.29. The molecule has 0 aliphatic rings. The molecule has 5 nitrogen and oxygen atoms in total. The van der Waals surface area contributed by atoms with E-state index in [2.05, 4.69) is 10.3 Å². The molecule has 1 heterocycles. The van der Waals surface area contributed by atoms with Gasteiger partial charge >= 0.3 is 0 Å². The van der Waals surface area contributed by atoms with E-state index in [1.807, 2.05) is 24.3 Å². The quantitative estimate of drug-likeness (QED) is 0.824. The van der Waals surface area contributed by atoms with Gasteiger partial charge in [0.25, 0.3) is 0 Å². The minimum atomic E-state index is -0.171. The summed E-state index contributed by atoms with van der Waals surface area (Å²) in [7, 11) is 0. The Hall–Kier alpha value is -2.05. The Morgan fingerprint density at radius 3 is 2.60 bits per heavy atom. The van der Waals surface area contributed by atoms with Crippen LogP contribution in [-0.2, 0) is 17.8 Å². The molecular formula is C14H15N3O2S. The molecule has 104 valence electrons. The van der Waals surface area contributed by atoms with Crippen molar-refractivity contribution in [1.29, 1.82) is 0 Å². The Morgan fingerprint density at radius 1 is 1.30 bits per heavy atom. The molecule has 1 amide bonds. The minimum Gasteiger partial charge on any atom is -0.326 e. The van der Waals surface area contributed by atoms with Crippen LogP contribution in [0.25, 0.3) is 0 Å². The molecular weight excluding hydrogens is 274 g/mol. The van der Waals surface area contributed by atoms with E-state index in [9.17, 15) is 9.59 Å². The number of nitrogens with one attached hydrogen (secondary N) is 1. The van der Waals surface area contributed by atoms with E-state index in [-0.39, 0.29) is 18.1 Å². The highest BCUT2D eigenvalue weighted by atomic mass is 32.1. The highest BCUT2D eigenvalue weighted by Gasteiger charge is 2.11. The van der Waals surface area contributed by atoms with Gasteiger partial charge in [-0.1, -0.05) is 24.3 Å². The van der Waals surface area contributed by atoms with E-state index in [4.69, 9.17) is 5.73 Å². The first kappa shape index (κ1) is 14.4. The monoisotopic (exact) mass is 289 g/mol. The summed E-state index contributed by atoms with van der Waals surface area (Å²) in [6.07, 6.45) is 0.238. The Morgan fingerprint density at radius 2 is 2.00 bits per heavy atom. The van der Waals surface area contributed by atoms with Crippen molar-refractivity contribution < 1.29 is 9.59 Å². The van der Waals surface area contributed by atoms with E-state index in [0.717, 1.165) is 11.1 Å². The number of ketones is 1. The molecule has 0 unspecified atom stereocenters. The number of carbonyl (C=O) groups excluding carboxylic acids is 2. The van der Waals surface area contributed by atoms with Gasteiger partial charge in [-0.25, -0.2) is 4.98 Å². The smallest absolute Gasteiger partial charge is 0.230 e. The molecule has 0 aliphatic heterocycles. The lowest BCUT2D eigenvalue weighted by atomic mass is 10.0. The Balaban J connectivity index is 2.03. The van der Waals surface area contributed by atoms with Crippen LogP contribution >= 0.6 is 11.3 Å². The number of benzene rings is 1. The van der Waals surface area contributed by atoms with Crippen LogP contribution in [0.4, 0.5) is 5.13 Å². The van der Waals surface area contributed by atoms with Crippen molar-refractivity contribution in [2.45, 2.75) is 19.9 Å². The molecule has 1 aromatic carbocycles. The lowest BCUT2D eigenvalue weighted by Crippen LogP contribution is -2.16. The van der Waals surface area contributed by atoms with Crippen LogP contribution in [0.1, 0.15) is 28.5 Å². The van der Waals surface area contributed by atoms with Crippen LogP contribution in [0, 0.1) is 0 Å². The largest absolute Gasteiger partial charge is 0.326 e. The third-order valence-electron chi connectivity index (χ3n) is 2.80. The summed E-state index contributed by atoms with van der Waals surface area (Å²) in [5, 5.41) is 4.76. The second kappa shape index (κ2) is 6.40. The zero-order valence-electron chi connectivity index (χ0n) is 11.1. The van der Waals surface area contributed by atoms with Crippen molar-refractivity contribution in [3.05, 3.63) is 46.5 Å². The SMILES string of the molecule is CC(=O)c1csc(NC(=O)Cc2ccccc2CN)n1. The fourth-order valence-corrected chi connectivity index (χ4v) is 2.52. The lowest BCUT2D eigenvalue weighted by Gasteiger charge is -2.06. The fraction of sp³-hybridized carbons (Fsp3) is 0.214. The molecule has 2 rings (SSSR count). The van der Waals surface area contributed by atoms with E-state index in [1.165, 1.54) is 18.3 Å². The zero-order chi connectivity index (χ0) is 14.5. The zero-order valence-corrected chi connectivity index (χ0v) is 11.9. The molecule has 20 heavy (non-hydrogen) atoms. The molecule has 6 heteroatoms. The van der Waals surface area contributed by atoms with Crippen LogP contribution in [0.5, 0.6) is 0 Å². The summed E-state index contributed by atoms with van der Waals surface area (Å²) >= 11 is 1.24. The van der Waals surface area contributed by atoms with E-state index in [1.54, 1.807) is 5.38 Å². The van der Waals surface area contributed by atoms with Gasteiger partial charge in [0.1, 0.15) is 5.69 Å². The van der Waals surface area contributed by atoms with Crippen LogP contribution < -0.4 is 11.1 Å². The second-order valence-corrected chi connectivity index (χ2v) is 5.15. The van der Waals surface area contributed by atoms with Gasteiger partial charge < -0.3 is 11.1 Å². The number of Topliss-reactive ketones (excluding diaryl/α,β-unsaturated/α-hetero) is 1. The van der Waals surface area contributed by atoms with Crippen molar-refractivity contribution in [2.24, 2.45) is 5.73 Å². The Kier molecular flexibility index (Phi) is 4.60. The molecule has 0 atom stereocenters. The van der Waals surface area contributed by atoms with E-state index in [0.29, 0.717) is 17.4 Å². The average Bonchev–Trinajstić information content (AvgIpc) is 2.88. The summed E-state index contributed by atoms with van der Waals surface area (Å²) in [4.78, 5) is 27.1. The highest BCUT2D eigenvalue weighted by Crippen LogP contribution is 2.16. The van der Waals surface area contributed by atoms with Crippen LogP contribution in [0.2, 0.25) is 0 Å². The van der Waals surface area contributed by atoms with Crippen LogP contribution in [0.15, 0.2) is 29.6 Å². The maximum Gasteiger partial charge on any atom is 0.230 e. The summed E-state index contributed by atoms with van der Waals surface area (Å²) in [5.74, 6) is -0.287. The number of nitrogens with zero attached hydrogens (tertiary/aromatic N) is 1. The van der Waals surface area contributed by atoms with Gasteiger partial charge in [-0.15, -0.1) is 11.3 Å². The molecule has 0 saturated heterocycles. The number of thiazole rings is 1. The first-order valence-corrected chi connectivity index (χ1v) is 7.01. The molecule has 1 aromatic heterocycles. The summed E-state index contributed by atoms with van der Waals surface area (Å²) in [5.41, 5.74) is 7.85. The molecule has 0 bridgehead atoms. The maximum atomic E-state index is 12.0. The molecule has 2 aromatic rings. The highest BCUT2D eigenvalue weighted by molar-refractivity contribution is 7.14. The van der Waals surface area contributed by atoms with Crippen molar-refractivity contribution >= 4 is 28.2 Å². The number of nitrogens with two attached hydrogens (primary N) is 1. The van der Waals surface area contributed by atoms with E-state index >= 15 is 0 Å². The predicted octanol–water partition coefficient (Wildman–Crippen LogP) is 1.99. The van der Waals surface area contributed by atoms with Gasteiger partial charge in [0.2, 0.25) is 5.91 Å². The number of hydrogen-bond donors (Lipinski definition) is 2. The first-order valence-electron chi connectivity index (χ1n) is 6.13. The number of carbonyl (C=O) groups is 2. The summed E-state index contributed by atoms with van der Waals surface area (Å²) in [6, 6.07) is 7.55. The first-order chi connectivity index (χ1) is 9.60. The van der Waals surface area contributed by atoms with Crippen LogP contribution in [0.3, 0.4) is 0 Å². The van der Waals surface area contributed by atoms with Gasteiger partial charge in [-0.05, 0) is 11.1 Å². The van der Waals surface area contributed by atoms with Crippen molar-refractivity contribution in [3.63, 3.8) is 0 Å². The Bertz CT molecular complexity index is 637. The molecule has 0 saturated carbocycles. The van der Waals surface area contributed by atoms with Gasteiger partial charge in [-0.3, -0.25) is 9.59 Å². The average molecular weight is 289 g/mol. The number of amides is 1. The van der Waals surface area contributed by atoms with Crippen molar-refractivity contribution in [3.8, 4) is 0 Å². The number of rotatable bonds is 5. The van der Waals surface area contributed by atoms with Gasteiger partial charge in [0, 0.05) is 18.8 Å². The lowest BCUT2D eigenvalue weighted by molar-refractivity contribution is -0.115. The maximum absolute atomic E-state index is 12.0. The van der Waals surface area contributed by atoms with Crippen molar-refractivity contribution in [2.75, 3.05) is 5.32 Å². The number of aromatic nitrogens is 1. The van der Waals surface area contributed by atoms with Gasteiger partial charge in [-0.2, -0.15) is 0 Å². The molecule has 0 spiro atoms. The third kappa shape index (κ3) is 3.49. The Labute approximate surface area is 120 Å². The molecule has 0 aliphatic carbocycles. The standard InChI is InChI=1S/C14H15N3O2S/c1-9(18)12-8-20-14(16-12)17-13(19)6-10-4-2-3-5-11(10)7-15/h2-5,8H,6-7,15H2,1H3,(H,16,17,19). The molecule has 0 fully saturated rings. The number of hydrogen-bond acceptors (Lipinski definition) is 5. The van der Waals surface area contributed by atoms with E-state index < -0.39 is 0 Å². The normalized spacial score (nSPS) is 10.3. The summed E-state index contributed by atoms with van der Waals surface area (Å²) in [6.45, 7) is 1.84. The molecule has 0 radical (unpaired) electrons. The fourth-order valence-electron chi connectivity index (χ4n) is 1.76. The number of anilines is 1. The molecule has 3 N–H and O–H groups in total. The third-order valence-corrected chi connectivity index (χ3v) is 3.56. The minimum absolute atomic E-state index is 0.116. The summed E-state index contributed by atoms with van der Waals surface area (Å²) < 4.78 is 0. The van der Waals surface area contributed by atoms with Crippen LogP contribution in [-0.4, -0.2) is 16.7 Å².